The molecule has 0 aliphatic rings. The van der Waals surface area contributed by atoms with Crippen molar-refractivity contribution in [1.82, 2.24) is 4.57 Å². The second-order valence-electron chi connectivity index (χ2n) is 4.55. The fraction of sp³-hybridized carbons (Fsp3) is 0.357. The van der Waals surface area contributed by atoms with Crippen molar-refractivity contribution in [2.45, 2.75) is 33.2 Å². The molecule has 0 saturated carbocycles. The molecule has 0 amide bonds. The first-order valence-corrected chi connectivity index (χ1v) is 5.91. The first-order chi connectivity index (χ1) is 8.04. The Morgan fingerprint density at radius 2 is 2.12 bits per heavy atom. The molecule has 90 valence electrons. The van der Waals surface area contributed by atoms with E-state index < -0.39 is 5.97 Å². The molecule has 0 unspecified atom stereocenters. The molecule has 1 aromatic carbocycles. The van der Waals surface area contributed by atoms with Crippen LogP contribution >= 0.6 is 0 Å². The van der Waals surface area contributed by atoms with Gasteiger partial charge in [-0.25, -0.2) is 4.79 Å². The van der Waals surface area contributed by atoms with E-state index in [1.807, 2.05) is 12.3 Å². The fourth-order valence-electron chi connectivity index (χ4n) is 2.22. The smallest absolute Gasteiger partial charge is 0.335 e. The second kappa shape index (κ2) is 4.24. The maximum atomic E-state index is 11.0. The summed E-state index contributed by atoms with van der Waals surface area (Å²) in [5.41, 5.74) is 2.63. The van der Waals surface area contributed by atoms with E-state index in [2.05, 4.69) is 25.3 Å². The molecule has 0 aliphatic heterocycles. The standard InChI is InChI=1S/C14H17NO2/c1-4-10-7-12(14(16)17)8-11-5-6-15(9(2)3)13(10)11/h5-9H,4H2,1-3H3,(H,16,17). The molecule has 0 atom stereocenters. The predicted octanol–water partition coefficient (Wildman–Crippen LogP) is 3.48. The van der Waals surface area contributed by atoms with E-state index in [1.54, 1.807) is 12.1 Å². The Morgan fingerprint density at radius 1 is 1.41 bits per heavy atom. The Morgan fingerprint density at radius 3 is 2.65 bits per heavy atom. The van der Waals surface area contributed by atoms with Gasteiger partial charge in [-0.2, -0.15) is 0 Å². The number of aromatic nitrogens is 1. The van der Waals surface area contributed by atoms with Crippen LogP contribution in [-0.2, 0) is 6.42 Å². The van der Waals surface area contributed by atoms with Crippen LogP contribution in [0.25, 0.3) is 10.9 Å². The molecule has 17 heavy (non-hydrogen) atoms. The van der Waals surface area contributed by atoms with E-state index in [-0.39, 0.29) is 0 Å². The minimum atomic E-state index is -0.862. The molecule has 0 radical (unpaired) electrons. The lowest BCUT2D eigenvalue weighted by atomic mass is 10.0. The third-order valence-corrected chi connectivity index (χ3v) is 3.08. The van der Waals surface area contributed by atoms with Gasteiger partial charge in [0.25, 0.3) is 0 Å². The van der Waals surface area contributed by atoms with E-state index in [9.17, 15) is 4.79 Å². The van der Waals surface area contributed by atoms with Crippen LogP contribution in [0.4, 0.5) is 0 Å². The van der Waals surface area contributed by atoms with Crippen LogP contribution in [0.15, 0.2) is 24.4 Å². The second-order valence-corrected chi connectivity index (χ2v) is 4.55. The number of carboxylic acid groups (broad SMARTS) is 1. The van der Waals surface area contributed by atoms with Crippen molar-refractivity contribution >= 4 is 16.9 Å². The normalized spacial score (nSPS) is 11.3. The largest absolute Gasteiger partial charge is 0.478 e. The van der Waals surface area contributed by atoms with Crippen molar-refractivity contribution in [2.24, 2.45) is 0 Å². The number of rotatable bonds is 3. The van der Waals surface area contributed by atoms with Crippen molar-refractivity contribution in [2.75, 3.05) is 0 Å². The summed E-state index contributed by atoms with van der Waals surface area (Å²) in [6.07, 6.45) is 2.87. The number of aromatic carboxylic acids is 1. The average molecular weight is 231 g/mol. The topological polar surface area (TPSA) is 42.2 Å². The van der Waals surface area contributed by atoms with Crippen LogP contribution < -0.4 is 0 Å². The molecule has 3 nitrogen and oxygen atoms in total. The van der Waals surface area contributed by atoms with Gasteiger partial charge in [-0.15, -0.1) is 0 Å². The highest BCUT2D eigenvalue weighted by Gasteiger charge is 2.12. The van der Waals surface area contributed by atoms with E-state index in [0.29, 0.717) is 11.6 Å². The molecular formula is C14H17NO2. The number of fused-ring (bicyclic) bond motifs is 1. The maximum absolute atomic E-state index is 11.0. The highest BCUT2D eigenvalue weighted by atomic mass is 16.4. The Bertz CT molecular complexity index is 567. The van der Waals surface area contributed by atoms with Gasteiger partial charge >= 0.3 is 5.97 Å². The lowest BCUT2D eigenvalue weighted by Gasteiger charge is -2.12. The van der Waals surface area contributed by atoms with Crippen LogP contribution in [0.2, 0.25) is 0 Å². The van der Waals surface area contributed by atoms with Crippen LogP contribution in [-0.4, -0.2) is 15.6 Å². The Labute approximate surface area is 101 Å². The highest BCUT2D eigenvalue weighted by Crippen LogP contribution is 2.26. The van der Waals surface area contributed by atoms with Crippen LogP contribution in [0, 0.1) is 0 Å². The summed E-state index contributed by atoms with van der Waals surface area (Å²) >= 11 is 0. The van der Waals surface area contributed by atoms with Crippen molar-refractivity contribution < 1.29 is 9.90 Å². The third kappa shape index (κ3) is 1.93. The molecule has 3 heteroatoms. The number of nitrogens with zero attached hydrogens (tertiary/aromatic N) is 1. The molecule has 0 fully saturated rings. The van der Waals surface area contributed by atoms with Crippen molar-refractivity contribution in [3.05, 3.63) is 35.5 Å². The Hall–Kier alpha value is -1.77. The van der Waals surface area contributed by atoms with Crippen molar-refractivity contribution in [3.8, 4) is 0 Å². The number of carboxylic acids is 1. The molecule has 0 bridgehead atoms. The van der Waals surface area contributed by atoms with Crippen LogP contribution in [0.1, 0.15) is 42.7 Å². The number of aryl methyl sites for hydroxylation is 1. The van der Waals surface area contributed by atoms with Crippen molar-refractivity contribution in [3.63, 3.8) is 0 Å². The Balaban J connectivity index is 2.75. The molecule has 2 rings (SSSR count). The number of carbonyl (C=O) groups is 1. The van der Waals surface area contributed by atoms with E-state index in [0.717, 1.165) is 22.9 Å². The fourth-order valence-corrected chi connectivity index (χ4v) is 2.22. The molecule has 0 saturated heterocycles. The molecule has 0 spiro atoms. The van der Waals surface area contributed by atoms with Gasteiger partial charge in [-0.05, 0) is 44.0 Å². The number of benzene rings is 1. The zero-order valence-corrected chi connectivity index (χ0v) is 10.4. The van der Waals surface area contributed by atoms with E-state index >= 15 is 0 Å². The quantitative estimate of drug-likeness (QED) is 0.878. The Kier molecular flexibility index (Phi) is 2.92. The number of hydrogen-bond donors (Lipinski definition) is 1. The summed E-state index contributed by atoms with van der Waals surface area (Å²) in [6.45, 7) is 6.31. The molecular weight excluding hydrogens is 214 g/mol. The van der Waals surface area contributed by atoms with Crippen LogP contribution in [0.3, 0.4) is 0 Å². The zero-order chi connectivity index (χ0) is 12.6. The first kappa shape index (κ1) is 11.7. The summed E-state index contributed by atoms with van der Waals surface area (Å²) in [4.78, 5) is 11.0. The highest BCUT2D eigenvalue weighted by molar-refractivity contribution is 5.95. The van der Waals surface area contributed by atoms with Gasteiger partial charge in [0.1, 0.15) is 0 Å². The summed E-state index contributed by atoms with van der Waals surface area (Å²) in [7, 11) is 0. The monoisotopic (exact) mass is 231 g/mol. The summed E-state index contributed by atoms with van der Waals surface area (Å²) < 4.78 is 2.19. The first-order valence-electron chi connectivity index (χ1n) is 5.91. The zero-order valence-electron chi connectivity index (χ0n) is 10.4. The lowest BCUT2D eigenvalue weighted by Crippen LogP contribution is -2.03. The maximum Gasteiger partial charge on any atom is 0.335 e. The molecule has 1 aromatic heterocycles. The van der Waals surface area contributed by atoms with E-state index in [1.165, 1.54) is 0 Å². The SMILES string of the molecule is CCc1cc(C(=O)O)cc2ccn(C(C)C)c12. The number of hydrogen-bond acceptors (Lipinski definition) is 1. The summed E-state index contributed by atoms with van der Waals surface area (Å²) in [5.74, 6) is -0.862. The average Bonchev–Trinajstić information content (AvgIpc) is 2.71. The minimum Gasteiger partial charge on any atom is -0.478 e. The molecule has 2 aromatic rings. The predicted molar refractivity (Wildman–Crippen MR) is 68.7 cm³/mol. The van der Waals surface area contributed by atoms with Gasteiger partial charge < -0.3 is 9.67 Å². The molecule has 1 heterocycles. The van der Waals surface area contributed by atoms with Gasteiger partial charge in [0.05, 0.1) is 11.1 Å². The summed E-state index contributed by atoms with van der Waals surface area (Å²) in [5, 5.41) is 10.1. The minimum absolute atomic E-state index is 0.371. The lowest BCUT2D eigenvalue weighted by molar-refractivity contribution is 0.0697. The third-order valence-electron chi connectivity index (χ3n) is 3.08. The van der Waals surface area contributed by atoms with Gasteiger partial charge in [0.15, 0.2) is 0 Å². The van der Waals surface area contributed by atoms with Gasteiger partial charge in [-0.3, -0.25) is 0 Å². The van der Waals surface area contributed by atoms with Gasteiger partial charge in [-0.1, -0.05) is 6.92 Å². The van der Waals surface area contributed by atoms with Crippen molar-refractivity contribution in [1.29, 1.82) is 0 Å². The van der Waals surface area contributed by atoms with E-state index in [4.69, 9.17) is 5.11 Å². The van der Waals surface area contributed by atoms with Crippen LogP contribution in [0.5, 0.6) is 0 Å². The van der Waals surface area contributed by atoms with Gasteiger partial charge in [0, 0.05) is 17.6 Å². The van der Waals surface area contributed by atoms with Gasteiger partial charge in [0.2, 0.25) is 0 Å². The molecule has 0 aliphatic carbocycles. The summed E-state index contributed by atoms with van der Waals surface area (Å²) in [6, 6.07) is 5.90. The molecule has 1 N–H and O–H groups in total.